The van der Waals surface area contributed by atoms with Crippen molar-refractivity contribution in [3.05, 3.63) is 150 Å². The molecule has 1 N–H and O–H groups in total. The number of para-hydroxylation sites is 1. The van der Waals surface area contributed by atoms with Crippen molar-refractivity contribution >= 4 is 40.6 Å². The Morgan fingerprint density at radius 2 is 1.72 bits per heavy atom. The van der Waals surface area contributed by atoms with Gasteiger partial charge in [0, 0.05) is 16.3 Å². The summed E-state index contributed by atoms with van der Waals surface area (Å²) in [6, 6.07) is 28.9. The molecule has 47 heavy (non-hydrogen) atoms. The van der Waals surface area contributed by atoms with Crippen LogP contribution in [0.4, 0.5) is 5.69 Å². The molecular weight excluding hydrogens is 634 g/mol. The second kappa shape index (κ2) is 14.1. The van der Waals surface area contributed by atoms with E-state index in [-0.39, 0.29) is 18.1 Å². The highest BCUT2D eigenvalue weighted by molar-refractivity contribution is 7.07. The molecule has 10 heteroatoms. The third-order valence-corrected chi connectivity index (χ3v) is 8.98. The lowest BCUT2D eigenvalue weighted by Crippen LogP contribution is -2.40. The summed E-state index contributed by atoms with van der Waals surface area (Å²) in [5.74, 6) is 1.43. The number of rotatable bonds is 10. The molecule has 0 spiro atoms. The van der Waals surface area contributed by atoms with Crippen molar-refractivity contribution in [2.45, 2.75) is 26.5 Å². The van der Waals surface area contributed by atoms with Crippen LogP contribution in [-0.4, -0.2) is 24.2 Å². The maximum atomic E-state index is 14.2. The normalized spacial score (nSPS) is 14.3. The smallest absolute Gasteiger partial charge is 0.271 e. The van der Waals surface area contributed by atoms with Gasteiger partial charge in [-0.15, -0.1) is 0 Å². The number of methoxy groups -OCH3 is 1. The molecule has 0 unspecified atom stereocenters. The Labute approximate surface area is 280 Å². The maximum Gasteiger partial charge on any atom is 0.271 e. The van der Waals surface area contributed by atoms with Gasteiger partial charge in [0.2, 0.25) is 0 Å². The fourth-order valence-corrected chi connectivity index (χ4v) is 6.61. The molecule has 8 nitrogen and oxygen atoms in total. The molecule has 1 aromatic heterocycles. The number of benzene rings is 4. The number of nitrogens with zero attached hydrogens (tertiary/aromatic N) is 2. The van der Waals surface area contributed by atoms with Crippen molar-refractivity contribution < 1.29 is 19.0 Å². The van der Waals surface area contributed by atoms with Crippen molar-refractivity contribution in [3.8, 4) is 17.2 Å². The van der Waals surface area contributed by atoms with E-state index in [1.165, 1.54) is 11.3 Å². The number of hydrogen-bond donors (Lipinski definition) is 1. The number of amides is 1. The number of ether oxygens (including phenoxy) is 3. The summed E-state index contributed by atoms with van der Waals surface area (Å²) >= 11 is 7.56. The first-order chi connectivity index (χ1) is 22.9. The van der Waals surface area contributed by atoms with Gasteiger partial charge in [0.25, 0.3) is 11.5 Å². The standard InChI is InChI=1S/C37H32ClN3O5S/c1-4-45-28-17-15-25(16-18-28)34-33(35(42)40-27-11-6-5-7-12-27)23(2)39-37-41(34)36(43)32(47-37)21-24-14-19-30(31(20-24)44-3)46-22-26-10-8-9-13-29(26)38/h5-21,34H,4,22H2,1-3H3,(H,40,42)/b32-21-/t34-/m0/s1. The summed E-state index contributed by atoms with van der Waals surface area (Å²) in [5, 5.41) is 3.60. The van der Waals surface area contributed by atoms with Crippen molar-refractivity contribution in [2.75, 3.05) is 19.0 Å². The number of hydrogen-bond acceptors (Lipinski definition) is 7. The van der Waals surface area contributed by atoms with Gasteiger partial charge < -0.3 is 19.5 Å². The molecule has 0 aliphatic carbocycles. The Balaban J connectivity index is 1.38. The van der Waals surface area contributed by atoms with Crippen LogP contribution in [0.15, 0.2) is 118 Å². The maximum absolute atomic E-state index is 14.2. The highest BCUT2D eigenvalue weighted by Crippen LogP contribution is 2.32. The molecule has 1 aliphatic heterocycles. The van der Waals surface area contributed by atoms with Crippen LogP contribution in [0.1, 0.15) is 36.6 Å². The molecule has 0 fully saturated rings. The Kier molecular flexibility index (Phi) is 9.56. The van der Waals surface area contributed by atoms with Crippen LogP contribution >= 0.6 is 22.9 Å². The van der Waals surface area contributed by atoms with Gasteiger partial charge in [-0.2, -0.15) is 0 Å². The third-order valence-electron chi connectivity index (χ3n) is 7.63. The Morgan fingerprint density at radius 1 is 0.979 bits per heavy atom. The highest BCUT2D eigenvalue weighted by atomic mass is 35.5. The van der Waals surface area contributed by atoms with Crippen LogP contribution in [0.3, 0.4) is 0 Å². The number of allylic oxidation sites excluding steroid dienone is 1. The van der Waals surface area contributed by atoms with Crippen molar-refractivity contribution in [3.63, 3.8) is 0 Å². The predicted molar refractivity (Wildman–Crippen MR) is 185 cm³/mol. The SMILES string of the molecule is CCOc1ccc([C@H]2C(C(=O)Nc3ccccc3)=C(C)N=c3s/c(=C\c4ccc(OCc5ccccc5Cl)c(OC)c4)c(=O)n32)cc1. The molecule has 0 radical (unpaired) electrons. The molecule has 1 atom stereocenters. The monoisotopic (exact) mass is 665 g/mol. The van der Waals surface area contributed by atoms with Gasteiger partial charge >= 0.3 is 0 Å². The summed E-state index contributed by atoms with van der Waals surface area (Å²) in [7, 11) is 1.57. The third kappa shape index (κ3) is 6.86. The minimum atomic E-state index is -0.706. The Hall–Kier alpha value is -5.12. The molecule has 4 aromatic carbocycles. The van der Waals surface area contributed by atoms with Crippen LogP contribution in [0.2, 0.25) is 5.02 Å². The first kappa shape index (κ1) is 31.8. The number of thiazole rings is 1. The largest absolute Gasteiger partial charge is 0.494 e. The van der Waals surface area contributed by atoms with Crippen LogP contribution < -0.4 is 34.4 Å². The van der Waals surface area contributed by atoms with Crippen LogP contribution in [0, 0.1) is 0 Å². The lowest BCUT2D eigenvalue weighted by molar-refractivity contribution is -0.113. The highest BCUT2D eigenvalue weighted by Gasteiger charge is 2.32. The van der Waals surface area contributed by atoms with Gasteiger partial charge in [0.15, 0.2) is 16.3 Å². The molecule has 6 rings (SSSR count). The molecule has 0 saturated heterocycles. The fraction of sp³-hybridized carbons (Fsp3) is 0.162. The van der Waals surface area contributed by atoms with E-state index in [1.807, 2.05) is 97.9 Å². The van der Waals surface area contributed by atoms with E-state index in [9.17, 15) is 9.59 Å². The Morgan fingerprint density at radius 3 is 2.45 bits per heavy atom. The minimum absolute atomic E-state index is 0.261. The lowest BCUT2D eigenvalue weighted by Gasteiger charge is -2.25. The summed E-state index contributed by atoms with van der Waals surface area (Å²) < 4.78 is 19.3. The van der Waals surface area contributed by atoms with E-state index >= 15 is 0 Å². The predicted octanol–water partition coefficient (Wildman–Crippen LogP) is 6.51. The number of anilines is 1. The van der Waals surface area contributed by atoms with Crippen LogP contribution in [-0.2, 0) is 11.4 Å². The van der Waals surface area contributed by atoms with E-state index in [0.717, 1.165) is 16.7 Å². The Bertz CT molecular complexity index is 2140. The molecule has 238 valence electrons. The zero-order valence-corrected chi connectivity index (χ0v) is 27.6. The summed E-state index contributed by atoms with van der Waals surface area (Å²) in [4.78, 5) is 33.2. The number of carbonyl (C=O) groups is 1. The lowest BCUT2D eigenvalue weighted by atomic mass is 9.95. The van der Waals surface area contributed by atoms with Gasteiger partial charge in [-0.3, -0.25) is 14.2 Å². The quantitative estimate of drug-likeness (QED) is 0.184. The van der Waals surface area contributed by atoms with Crippen LogP contribution in [0.5, 0.6) is 17.2 Å². The van der Waals surface area contributed by atoms with Gasteiger partial charge in [0.05, 0.1) is 35.6 Å². The summed E-state index contributed by atoms with van der Waals surface area (Å²) in [5.41, 5.74) is 3.67. The zero-order chi connectivity index (χ0) is 32.9. The number of aromatic nitrogens is 1. The van der Waals surface area contributed by atoms with Crippen molar-refractivity contribution in [2.24, 2.45) is 4.99 Å². The first-order valence-corrected chi connectivity index (χ1v) is 16.2. The van der Waals surface area contributed by atoms with Gasteiger partial charge in [0.1, 0.15) is 12.4 Å². The summed E-state index contributed by atoms with van der Waals surface area (Å²) in [6.45, 7) is 4.52. The number of halogens is 1. The molecule has 0 bridgehead atoms. The van der Waals surface area contributed by atoms with Crippen molar-refractivity contribution in [1.82, 2.24) is 4.57 Å². The van der Waals surface area contributed by atoms with Gasteiger partial charge in [-0.05, 0) is 73.5 Å². The number of carbonyl (C=O) groups excluding carboxylic acids is 1. The van der Waals surface area contributed by atoms with E-state index in [0.29, 0.717) is 55.2 Å². The molecule has 5 aromatic rings. The molecule has 2 heterocycles. The zero-order valence-electron chi connectivity index (χ0n) is 26.0. The van der Waals surface area contributed by atoms with Crippen LogP contribution in [0.25, 0.3) is 6.08 Å². The van der Waals surface area contributed by atoms with E-state index in [2.05, 4.69) is 5.32 Å². The fourth-order valence-electron chi connectivity index (χ4n) is 5.38. The molecular formula is C37H32ClN3O5S. The topological polar surface area (TPSA) is 91.2 Å². The average Bonchev–Trinajstić information content (AvgIpc) is 3.38. The molecule has 1 aliphatic rings. The van der Waals surface area contributed by atoms with E-state index in [1.54, 1.807) is 30.7 Å². The summed E-state index contributed by atoms with van der Waals surface area (Å²) in [6.07, 6.45) is 1.79. The van der Waals surface area contributed by atoms with Gasteiger partial charge in [-0.25, -0.2) is 4.99 Å². The van der Waals surface area contributed by atoms with Gasteiger partial charge in [-0.1, -0.05) is 77.5 Å². The number of nitrogens with one attached hydrogen (secondary N) is 1. The number of fused-ring (bicyclic) bond motifs is 1. The van der Waals surface area contributed by atoms with E-state index in [4.69, 9.17) is 30.8 Å². The van der Waals surface area contributed by atoms with E-state index < -0.39 is 6.04 Å². The van der Waals surface area contributed by atoms with Crippen molar-refractivity contribution in [1.29, 1.82) is 0 Å². The second-order valence-electron chi connectivity index (χ2n) is 10.7. The molecule has 1 amide bonds. The minimum Gasteiger partial charge on any atom is -0.494 e. The first-order valence-electron chi connectivity index (χ1n) is 15.0. The second-order valence-corrected chi connectivity index (χ2v) is 12.1. The average molecular weight is 666 g/mol. The molecule has 0 saturated carbocycles.